The van der Waals surface area contributed by atoms with E-state index in [1.54, 1.807) is 0 Å². The number of unbranched alkanes of at least 4 members (excludes halogenated alkanes) is 1. The average Bonchev–Trinajstić information content (AvgIpc) is 3.27. The van der Waals surface area contributed by atoms with Crippen LogP contribution in [0.15, 0.2) is 36.2 Å². The second-order valence-electron chi connectivity index (χ2n) is 8.26. The normalized spacial score (nSPS) is 11.9. The topological polar surface area (TPSA) is 148 Å². The molecule has 0 radical (unpaired) electrons. The van der Waals surface area contributed by atoms with Gasteiger partial charge in [-0.15, -0.1) is 23.4 Å². The molecule has 1 heterocycles. The third-order valence-corrected chi connectivity index (χ3v) is 5.52. The molecule has 0 bridgehead atoms. The zero-order valence-electron chi connectivity index (χ0n) is 20.0. The summed E-state index contributed by atoms with van der Waals surface area (Å²) in [5, 5.41) is 15.6. The highest BCUT2D eigenvalue weighted by molar-refractivity contribution is 7.13. The fraction of sp³-hybridized carbons (Fsp3) is 0.455. The SMILES string of the molecule is CC(C)CNC(=O)c1nnc(CCCCN(N)/C=C(\N)C(=O)NCc2cccc(OC(F)(F)F)c2)s1. The Hall–Kier alpha value is -3.39. The summed E-state index contributed by atoms with van der Waals surface area (Å²) in [7, 11) is 0. The van der Waals surface area contributed by atoms with Gasteiger partial charge in [0.2, 0.25) is 5.01 Å². The molecule has 14 heteroatoms. The van der Waals surface area contributed by atoms with Crippen molar-refractivity contribution in [3.63, 3.8) is 0 Å². The zero-order valence-corrected chi connectivity index (χ0v) is 20.8. The maximum atomic E-state index is 12.3. The number of aromatic nitrogens is 2. The van der Waals surface area contributed by atoms with E-state index in [9.17, 15) is 22.8 Å². The van der Waals surface area contributed by atoms with E-state index in [2.05, 4.69) is 25.6 Å². The minimum atomic E-state index is -4.80. The van der Waals surface area contributed by atoms with Gasteiger partial charge in [-0.25, -0.2) is 5.84 Å². The van der Waals surface area contributed by atoms with Crippen molar-refractivity contribution in [2.75, 3.05) is 13.1 Å². The van der Waals surface area contributed by atoms with Crippen LogP contribution in [0.4, 0.5) is 13.2 Å². The molecule has 10 nitrogen and oxygen atoms in total. The number of hydrogen-bond donors (Lipinski definition) is 4. The van der Waals surface area contributed by atoms with Gasteiger partial charge < -0.3 is 26.1 Å². The summed E-state index contributed by atoms with van der Waals surface area (Å²) < 4.78 is 40.9. The number of nitrogens with two attached hydrogens (primary N) is 2. The Balaban J connectivity index is 1.72. The van der Waals surface area contributed by atoms with Gasteiger partial charge in [0.15, 0.2) is 0 Å². The molecule has 0 atom stereocenters. The van der Waals surface area contributed by atoms with Crippen molar-refractivity contribution in [1.29, 1.82) is 0 Å². The predicted molar refractivity (Wildman–Crippen MR) is 128 cm³/mol. The zero-order chi connectivity index (χ0) is 26.7. The summed E-state index contributed by atoms with van der Waals surface area (Å²) in [6.45, 7) is 4.93. The van der Waals surface area contributed by atoms with Crippen LogP contribution in [0.3, 0.4) is 0 Å². The lowest BCUT2D eigenvalue weighted by Gasteiger charge is -2.15. The van der Waals surface area contributed by atoms with Crippen molar-refractivity contribution < 1.29 is 27.5 Å². The van der Waals surface area contributed by atoms with Gasteiger partial charge in [0.05, 0.1) is 0 Å². The first kappa shape index (κ1) is 28.8. The van der Waals surface area contributed by atoms with E-state index in [1.165, 1.54) is 40.7 Å². The molecule has 0 aliphatic rings. The molecule has 2 amide bonds. The van der Waals surface area contributed by atoms with Gasteiger partial charge in [-0.2, -0.15) is 0 Å². The molecule has 2 aromatic rings. The van der Waals surface area contributed by atoms with E-state index in [0.29, 0.717) is 42.4 Å². The van der Waals surface area contributed by atoms with Gasteiger partial charge in [-0.3, -0.25) is 9.59 Å². The third-order valence-electron chi connectivity index (χ3n) is 4.54. The molecule has 0 spiro atoms. The highest BCUT2D eigenvalue weighted by atomic mass is 32.1. The van der Waals surface area contributed by atoms with E-state index in [4.69, 9.17) is 11.6 Å². The van der Waals surface area contributed by atoms with Gasteiger partial charge in [-0.05, 0) is 36.5 Å². The number of ether oxygens (including phenoxy) is 1. The fourth-order valence-electron chi connectivity index (χ4n) is 2.83. The first-order valence-corrected chi connectivity index (χ1v) is 12.0. The maximum absolute atomic E-state index is 12.3. The molecule has 0 saturated heterocycles. The predicted octanol–water partition coefficient (Wildman–Crippen LogP) is 2.44. The molecular weight excluding hydrogens is 499 g/mol. The maximum Gasteiger partial charge on any atom is 0.573 e. The molecule has 0 unspecified atom stereocenters. The van der Waals surface area contributed by atoms with Gasteiger partial charge in [0, 0.05) is 32.3 Å². The largest absolute Gasteiger partial charge is 0.573 e. The number of alkyl halides is 3. The van der Waals surface area contributed by atoms with Crippen molar-refractivity contribution in [1.82, 2.24) is 25.8 Å². The number of carbonyl (C=O) groups excluding carboxylic acids is 2. The molecule has 2 rings (SSSR count). The van der Waals surface area contributed by atoms with E-state index in [0.717, 1.165) is 17.5 Å². The van der Waals surface area contributed by atoms with Crippen LogP contribution in [-0.2, 0) is 17.8 Å². The van der Waals surface area contributed by atoms with Crippen molar-refractivity contribution in [2.45, 2.75) is 46.0 Å². The Morgan fingerprint density at radius 1 is 1.22 bits per heavy atom. The standard InChI is InChI=1S/C22H30F3N7O3S/c1-14(2)11-28-20(34)21-31-30-18(36-21)8-3-4-9-32(27)13-17(26)19(33)29-12-15-6-5-7-16(10-15)35-22(23,24)25/h5-7,10,13-14H,3-4,8-9,11-12,26-27H2,1-2H3,(H,28,34)(H,29,33)/b17-13-. The fourth-order valence-corrected chi connectivity index (χ4v) is 3.63. The summed E-state index contributed by atoms with van der Waals surface area (Å²) in [6, 6.07) is 5.25. The smallest absolute Gasteiger partial charge is 0.406 e. The minimum Gasteiger partial charge on any atom is -0.406 e. The second-order valence-corrected chi connectivity index (χ2v) is 9.32. The van der Waals surface area contributed by atoms with Crippen LogP contribution < -0.4 is 26.9 Å². The van der Waals surface area contributed by atoms with Crippen molar-refractivity contribution in [3.05, 3.63) is 51.7 Å². The molecule has 1 aromatic carbocycles. The second kappa shape index (κ2) is 13.6. The van der Waals surface area contributed by atoms with Crippen LogP contribution in [0, 0.1) is 5.92 Å². The molecule has 0 fully saturated rings. The Bertz CT molecular complexity index is 1040. The number of nitrogens with zero attached hydrogens (tertiary/aromatic N) is 3. The minimum absolute atomic E-state index is 0.0493. The van der Waals surface area contributed by atoms with Gasteiger partial charge in [0.1, 0.15) is 16.5 Å². The van der Waals surface area contributed by atoms with Crippen LogP contribution in [0.2, 0.25) is 0 Å². The Labute approximate surface area is 210 Å². The van der Waals surface area contributed by atoms with Crippen LogP contribution in [0.1, 0.15) is 47.1 Å². The molecule has 0 saturated carbocycles. The van der Waals surface area contributed by atoms with Gasteiger partial charge in [-0.1, -0.05) is 37.3 Å². The first-order chi connectivity index (χ1) is 16.9. The number of rotatable bonds is 13. The van der Waals surface area contributed by atoms with Crippen LogP contribution in [0.5, 0.6) is 5.75 Å². The molecule has 198 valence electrons. The lowest BCUT2D eigenvalue weighted by atomic mass is 10.2. The average molecular weight is 530 g/mol. The number of benzene rings is 1. The molecular formula is C22H30F3N7O3S. The summed E-state index contributed by atoms with van der Waals surface area (Å²) in [5.74, 6) is 4.98. The number of aryl methyl sites for hydroxylation is 1. The third kappa shape index (κ3) is 10.9. The molecule has 36 heavy (non-hydrogen) atoms. The monoisotopic (exact) mass is 529 g/mol. The number of carbonyl (C=O) groups is 2. The number of hydrazine groups is 1. The highest BCUT2D eigenvalue weighted by Crippen LogP contribution is 2.23. The Kier molecular flexibility index (Phi) is 10.9. The quantitative estimate of drug-likeness (QED) is 0.134. The molecule has 6 N–H and O–H groups in total. The highest BCUT2D eigenvalue weighted by Gasteiger charge is 2.31. The summed E-state index contributed by atoms with van der Waals surface area (Å²) >= 11 is 1.25. The van der Waals surface area contributed by atoms with E-state index in [1.807, 2.05) is 13.8 Å². The van der Waals surface area contributed by atoms with E-state index < -0.39 is 12.3 Å². The molecule has 0 aliphatic heterocycles. The van der Waals surface area contributed by atoms with Crippen LogP contribution in [0.25, 0.3) is 0 Å². The number of hydrogen-bond acceptors (Lipinski definition) is 9. The summed E-state index contributed by atoms with van der Waals surface area (Å²) in [6.07, 6.45) is -1.50. The lowest BCUT2D eigenvalue weighted by Crippen LogP contribution is -2.33. The van der Waals surface area contributed by atoms with E-state index >= 15 is 0 Å². The van der Waals surface area contributed by atoms with Crippen molar-refractivity contribution >= 4 is 23.2 Å². The van der Waals surface area contributed by atoms with Crippen molar-refractivity contribution in [3.8, 4) is 5.75 Å². The summed E-state index contributed by atoms with van der Waals surface area (Å²) in [5.41, 5.74) is 6.02. The van der Waals surface area contributed by atoms with E-state index in [-0.39, 0.29) is 23.9 Å². The molecule has 0 aliphatic carbocycles. The van der Waals surface area contributed by atoms with Crippen molar-refractivity contribution in [2.24, 2.45) is 17.5 Å². The number of halogens is 3. The Morgan fingerprint density at radius 2 is 1.97 bits per heavy atom. The van der Waals surface area contributed by atoms with Gasteiger partial charge in [0.25, 0.3) is 11.8 Å². The van der Waals surface area contributed by atoms with Gasteiger partial charge >= 0.3 is 6.36 Å². The van der Waals surface area contributed by atoms with Crippen LogP contribution in [-0.4, -0.2) is 46.5 Å². The number of amides is 2. The number of nitrogens with one attached hydrogen (secondary N) is 2. The Morgan fingerprint density at radius 3 is 2.67 bits per heavy atom. The lowest BCUT2D eigenvalue weighted by molar-refractivity contribution is -0.274. The first-order valence-electron chi connectivity index (χ1n) is 11.1. The molecule has 1 aromatic heterocycles. The summed E-state index contributed by atoms with van der Waals surface area (Å²) in [4.78, 5) is 24.2. The van der Waals surface area contributed by atoms with Crippen LogP contribution >= 0.6 is 11.3 Å².